The maximum Gasteiger partial charge on any atom is 0.220 e. The molecule has 1 saturated heterocycles. The third-order valence-corrected chi connectivity index (χ3v) is 2.14. The highest BCUT2D eigenvalue weighted by molar-refractivity contribution is 5.77. The van der Waals surface area contributed by atoms with Gasteiger partial charge in [-0.15, -0.1) is 0 Å². The van der Waals surface area contributed by atoms with E-state index in [-0.39, 0.29) is 11.9 Å². The normalized spacial score (nSPS) is 33.6. The number of rotatable bonds is 1. The van der Waals surface area contributed by atoms with E-state index in [0.29, 0.717) is 18.9 Å². The molecule has 1 rings (SSSR count). The van der Waals surface area contributed by atoms with Crippen molar-refractivity contribution < 1.29 is 4.79 Å². The number of nitrogens with two attached hydrogens (primary N) is 1. The van der Waals surface area contributed by atoms with Crippen LogP contribution in [0.1, 0.15) is 19.8 Å². The first-order valence-corrected chi connectivity index (χ1v) is 3.73. The van der Waals surface area contributed by atoms with Crippen LogP contribution in [0.3, 0.4) is 0 Å². The first-order valence-electron chi connectivity index (χ1n) is 3.73. The number of hydrogen-bond acceptors (Lipinski definition) is 2. The van der Waals surface area contributed by atoms with Crippen LogP contribution in [-0.2, 0) is 4.79 Å². The Hall–Kier alpha value is -0.570. The highest BCUT2D eigenvalue weighted by Crippen LogP contribution is 2.14. The van der Waals surface area contributed by atoms with Gasteiger partial charge in [-0.25, -0.2) is 0 Å². The fourth-order valence-electron chi connectivity index (χ4n) is 1.33. The topological polar surface area (TPSA) is 55.1 Å². The predicted octanol–water partition coefficient (Wildman–Crippen LogP) is -0.140. The van der Waals surface area contributed by atoms with Crippen LogP contribution in [0.15, 0.2) is 0 Å². The van der Waals surface area contributed by atoms with E-state index in [1.807, 2.05) is 6.92 Å². The van der Waals surface area contributed by atoms with Gasteiger partial charge in [0.05, 0.1) is 0 Å². The fraction of sp³-hybridized carbons (Fsp3) is 0.857. The molecule has 0 saturated carbocycles. The smallest absolute Gasteiger partial charge is 0.220 e. The molecular formula is C7H14N2O. The van der Waals surface area contributed by atoms with Crippen molar-refractivity contribution in [3.05, 3.63) is 0 Å². The average Bonchev–Trinajstić information content (AvgIpc) is 1.88. The number of carbonyl (C=O) groups excluding carboxylic acids is 1. The van der Waals surface area contributed by atoms with Crippen LogP contribution in [0.2, 0.25) is 0 Å². The predicted molar refractivity (Wildman–Crippen MR) is 39.4 cm³/mol. The summed E-state index contributed by atoms with van der Waals surface area (Å²) >= 11 is 0. The minimum absolute atomic E-state index is 0.164. The first-order chi connectivity index (χ1) is 4.74. The van der Waals surface area contributed by atoms with Gasteiger partial charge in [-0.2, -0.15) is 0 Å². The van der Waals surface area contributed by atoms with Gasteiger partial charge in [-0.1, -0.05) is 0 Å². The van der Waals surface area contributed by atoms with E-state index < -0.39 is 0 Å². The molecule has 0 unspecified atom stereocenters. The molecule has 58 valence electrons. The maximum absolute atomic E-state index is 10.8. The average molecular weight is 142 g/mol. The summed E-state index contributed by atoms with van der Waals surface area (Å²) in [7, 11) is 0. The molecule has 1 heterocycles. The number of hydrogen-bond donors (Lipinski definition) is 2. The molecule has 3 N–H and O–H groups in total. The molecule has 0 spiro atoms. The zero-order valence-corrected chi connectivity index (χ0v) is 6.26. The van der Waals surface area contributed by atoms with Crippen LogP contribution >= 0.6 is 0 Å². The van der Waals surface area contributed by atoms with Crippen LogP contribution in [0.25, 0.3) is 0 Å². The third-order valence-electron chi connectivity index (χ3n) is 2.14. The van der Waals surface area contributed by atoms with Crippen molar-refractivity contribution in [1.82, 2.24) is 5.32 Å². The Kier molecular flexibility index (Phi) is 2.27. The lowest BCUT2D eigenvalue weighted by atomic mass is 9.92. The van der Waals surface area contributed by atoms with Gasteiger partial charge in [0.15, 0.2) is 0 Å². The molecule has 1 aliphatic rings. The molecule has 0 aromatic carbocycles. The van der Waals surface area contributed by atoms with Crippen molar-refractivity contribution >= 4 is 5.91 Å². The Morgan fingerprint density at radius 1 is 1.80 bits per heavy atom. The van der Waals surface area contributed by atoms with E-state index >= 15 is 0 Å². The number of nitrogens with one attached hydrogen (secondary N) is 1. The Morgan fingerprint density at radius 2 is 2.50 bits per heavy atom. The Balaban J connectivity index is 2.43. The van der Waals surface area contributed by atoms with E-state index in [4.69, 9.17) is 5.73 Å². The molecule has 3 nitrogen and oxygen atoms in total. The van der Waals surface area contributed by atoms with Gasteiger partial charge in [0.1, 0.15) is 0 Å². The molecule has 10 heavy (non-hydrogen) atoms. The molecule has 0 aromatic heterocycles. The summed E-state index contributed by atoms with van der Waals surface area (Å²) in [4.78, 5) is 10.8. The van der Waals surface area contributed by atoms with Crippen LogP contribution in [0.4, 0.5) is 0 Å². The maximum atomic E-state index is 10.8. The summed E-state index contributed by atoms with van der Waals surface area (Å²) in [6.45, 7) is 2.69. The van der Waals surface area contributed by atoms with Crippen LogP contribution in [0, 0.1) is 5.92 Å². The largest absolute Gasteiger partial charge is 0.353 e. The standard InChI is InChI=1S/C7H14N2O/c1-5-6(4-8)2-3-7(10)9-5/h5-6H,2-4,8H2,1H3,(H,9,10)/t5-,6+/m1/s1. The second kappa shape index (κ2) is 3.01. The number of amides is 1. The van der Waals surface area contributed by atoms with Crippen molar-refractivity contribution in [3.8, 4) is 0 Å². The summed E-state index contributed by atoms with van der Waals surface area (Å²) in [5.41, 5.74) is 5.49. The quantitative estimate of drug-likeness (QED) is 0.535. The van der Waals surface area contributed by atoms with Gasteiger partial charge in [0.25, 0.3) is 0 Å². The van der Waals surface area contributed by atoms with Gasteiger partial charge in [-0.05, 0) is 25.8 Å². The molecule has 0 bridgehead atoms. The Labute approximate surface area is 61.0 Å². The number of carbonyl (C=O) groups is 1. The van der Waals surface area contributed by atoms with E-state index in [1.54, 1.807) is 0 Å². The molecule has 0 radical (unpaired) electrons. The van der Waals surface area contributed by atoms with Crippen molar-refractivity contribution in [2.75, 3.05) is 6.54 Å². The summed E-state index contributed by atoms with van der Waals surface area (Å²) in [5, 5.41) is 2.86. The SMILES string of the molecule is C[C@H]1NC(=O)CC[C@H]1CN. The van der Waals surface area contributed by atoms with E-state index in [9.17, 15) is 4.79 Å². The van der Waals surface area contributed by atoms with Crippen molar-refractivity contribution in [3.63, 3.8) is 0 Å². The van der Waals surface area contributed by atoms with Crippen LogP contribution < -0.4 is 11.1 Å². The summed E-state index contributed by atoms with van der Waals surface area (Å²) in [6.07, 6.45) is 1.59. The summed E-state index contributed by atoms with van der Waals surface area (Å²) < 4.78 is 0. The molecule has 1 aliphatic heterocycles. The van der Waals surface area contributed by atoms with Crippen molar-refractivity contribution in [2.24, 2.45) is 11.7 Å². The second-order valence-electron chi connectivity index (χ2n) is 2.89. The molecule has 1 amide bonds. The van der Waals surface area contributed by atoms with Crippen LogP contribution in [-0.4, -0.2) is 18.5 Å². The van der Waals surface area contributed by atoms with E-state index in [0.717, 1.165) is 6.42 Å². The van der Waals surface area contributed by atoms with Gasteiger partial charge >= 0.3 is 0 Å². The molecular weight excluding hydrogens is 128 g/mol. The zero-order chi connectivity index (χ0) is 7.56. The highest BCUT2D eigenvalue weighted by atomic mass is 16.1. The fourth-order valence-corrected chi connectivity index (χ4v) is 1.33. The van der Waals surface area contributed by atoms with Crippen LogP contribution in [0.5, 0.6) is 0 Å². The Morgan fingerprint density at radius 3 is 3.00 bits per heavy atom. The van der Waals surface area contributed by atoms with Crippen molar-refractivity contribution in [2.45, 2.75) is 25.8 Å². The molecule has 0 aliphatic carbocycles. The van der Waals surface area contributed by atoms with E-state index in [2.05, 4.69) is 5.32 Å². The molecule has 2 atom stereocenters. The molecule has 3 heteroatoms. The first kappa shape index (κ1) is 7.54. The van der Waals surface area contributed by atoms with E-state index in [1.165, 1.54) is 0 Å². The zero-order valence-electron chi connectivity index (χ0n) is 6.26. The minimum atomic E-state index is 0.164. The minimum Gasteiger partial charge on any atom is -0.353 e. The summed E-state index contributed by atoms with van der Waals surface area (Å²) in [6, 6.07) is 0.270. The molecule has 0 aromatic rings. The summed E-state index contributed by atoms with van der Waals surface area (Å²) in [5.74, 6) is 0.648. The van der Waals surface area contributed by atoms with Gasteiger partial charge in [0.2, 0.25) is 5.91 Å². The monoisotopic (exact) mass is 142 g/mol. The lowest BCUT2D eigenvalue weighted by molar-refractivity contribution is -0.124. The molecule has 1 fully saturated rings. The lowest BCUT2D eigenvalue weighted by Gasteiger charge is -2.28. The highest BCUT2D eigenvalue weighted by Gasteiger charge is 2.23. The van der Waals surface area contributed by atoms with Gasteiger partial charge in [0, 0.05) is 12.5 Å². The van der Waals surface area contributed by atoms with Crippen molar-refractivity contribution in [1.29, 1.82) is 0 Å². The van der Waals surface area contributed by atoms with Gasteiger partial charge in [-0.3, -0.25) is 4.79 Å². The number of piperidine rings is 1. The lowest BCUT2D eigenvalue weighted by Crippen LogP contribution is -2.45. The second-order valence-corrected chi connectivity index (χ2v) is 2.89. The third kappa shape index (κ3) is 1.48. The van der Waals surface area contributed by atoms with Gasteiger partial charge < -0.3 is 11.1 Å². The Bertz CT molecular complexity index is 136.